The highest BCUT2D eigenvalue weighted by Gasteiger charge is 2.09. The molecule has 1 N–H and O–H groups in total. The highest BCUT2D eigenvalue weighted by atomic mass is 19.1. The number of aromatic nitrogens is 1. The lowest BCUT2D eigenvalue weighted by Crippen LogP contribution is -2.20. The molecule has 0 saturated carbocycles. The van der Waals surface area contributed by atoms with E-state index in [4.69, 9.17) is 0 Å². The van der Waals surface area contributed by atoms with Crippen LogP contribution in [0.25, 0.3) is 0 Å². The largest absolute Gasteiger partial charge is 0.369 e. The standard InChI is InChI=1S/C15H18FN3/c1-17-9-12-7-8-18-10-15(12)19(2)11-13-5-3-4-6-14(13)16/h3-8,10,17H,9,11H2,1-2H3. The van der Waals surface area contributed by atoms with Crippen molar-refractivity contribution in [3.8, 4) is 0 Å². The Morgan fingerprint density at radius 1 is 1.21 bits per heavy atom. The maximum atomic E-state index is 13.7. The monoisotopic (exact) mass is 259 g/mol. The van der Waals surface area contributed by atoms with E-state index in [-0.39, 0.29) is 5.82 Å². The van der Waals surface area contributed by atoms with Gasteiger partial charge in [-0.15, -0.1) is 0 Å². The van der Waals surface area contributed by atoms with Crippen LogP contribution in [0.1, 0.15) is 11.1 Å². The third-order valence-corrected chi connectivity index (χ3v) is 3.03. The van der Waals surface area contributed by atoms with Crippen molar-refractivity contribution in [3.05, 3.63) is 59.7 Å². The molecule has 2 rings (SSSR count). The SMILES string of the molecule is CNCc1ccncc1N(C)Cc1ccccc1F. The molecule has 3 nitrogen and oxygen atoms in total. The van der Waals surface area contributed by atoms with Gasteiger partial charge in [0.15, 0.2) is 0 Å². The number of halogens is 1. The molecule has 0 atom stereocenters. The van der Waals surface area contributed by atoms with E-state index in [2.05, 4.69) is 10.3 Å². The van der Waals surface area contributed by atoms with Crippen molar-refractivity contribution in [2.45, 2.75) is 13.1 Å². The quantitative estimate of drug-likeness (QED) is 0.894. The van der Waals surface area contributed by atoms with Crippen LogP contribution in [0.3, 0.4) is 0 Å². The summed E-state index contributed by atoms with van der Waals surface area (Å²) in [5, 5.41) is 3.13. The van der Waals surface area contributed by atoms with Crippen molar-refractivity contribution in [1.29, 1.82) is 0 Å². The molecule has 0 spiro atoms. The number of benzene rings is 1. The summed E-state index contributed by atoms with van der Waals surface area (Å²) in [5.41, 5.74) is 2.85. The second-order valence-corrected chi connectivity index (χ2v) is 4.48. The summed E-state index contributed by atoms with van der Waals surface area (Å²) in [4.78, 5) is 6.16. The van der Waals surface area contributed by atoms with Crippen LogP contribution >= 0.6 is 0 Å². The fourth-order valence-electron chi connectivity index (χ4n) is 2.07. The molecule has 1 aromatic heterocycles. The Hall–Kier alpha value is -1.94. The van der Waals surface area contributed by atoms with E-state index in [9.17, 15) is 4.39 Å². The van der Waals surface area contributed by atoms with Crippen LogP contribution in [0, 0.1) is 5.82 Å². The van der Waals surface area contributed by atoms with Gasteiger partial charge in [-0.2, -0.15) is 0 Å². The summed E-state index contributed by atoms with van der Waals surface area (Å²) >= 11 is 0. The molecule has 0 bridgehead atoms. The van der Waals surface area contributed by atoms with Gasteiger partial charge >= 0.3 is 0 Å². The Labute approximate surface area is 113 Å². The lowest BCUT2D eigenvalue weighted by Gasteiger charge is -2.22. The lowest BCUT2D eigenvalue weighted by molar-refractivity contribution is 0.607. The van der Waals surface area contributed by atoms with Crippen LogP contribution < -0.4 is 10.2 Å². The molecule has 1 aromatic carbocycles. The van der Waals surface area contributed by atoms with E-state index < -0.39 is 0 Å². The second kappa shape index (κ2) is 6.29. The molecule has 100 valence electrons. The van der Waals surface area contributed by atoms with Crippen molar-refractivity contribution in [1.82, 2.24) is 10.3 Å². The molecule has 0 saturated heterocycles. The Balaban J connectivity index is 2.20. The number of nitrogens with one attached hydrogen (secondary N) is 1. The first-order valence-corrected chi connectivity index (χ1v) is 6.24. The van der Waals surface area contributed by atoms with Crippen molar-refractivity contribution in [2.24, 2.45) is 0 Å². The Morgan fingerprint density at radius 2 is 2.00 bits per heavy atom. The minimum Gasteiger partial charge on any atom is -0.369 e. The molecule has 2 aromatic rings. The minimum atomic E-state index is -0.173. The van der Waals surface area contributed by atoms with Crippen molar-refractivity contribution < 1.29 is 4.39 Å². The molecule has 4 heteroatoms. The van der Waals surface area contributed by atoms with E-state index in [1.165, 1.54) is 6.07 Å². The van der Waals surface area contributed by atoms with Crippen LogP contribution in [0.15, 0.2) is 42.7 Å². The summed E-state index contributed by atoms with van der Waals surface area (Å²) in [6.07, 6.45) is 3.58. The zero-order valence-electron chi connectivity index (χ0n) is 11.2. The third kappa shape index (κ3) is 3.29. The number of pyridine rings is 1. The van der Waals surface area contributed by atoms with Crippen LogP contribution in [-0.4, -0.2) is 19.1 Å². The lowest BCUT2D eigenvalue weighted by atomic mass is 10.1. The van der Waals surface area contributed by atoms with Crippen molar-refractivity contribution in [2.75, 3.05) is 19.0 Å². The number of hydrogen-bond donors (Lipinski definition) is 1. The molecular weight excluding hydrogens is 241 g/mol. The predicted octanol–water partition coefficient (Wildman–Crippen LogP) is 2.58. The van der Waals surface area contributed by atoms with E-state index in [1.807, 2.05) is 37.3 Å². The highest BCUT2D eigenvalue weighted by Crippen LogP contribution is 2.20. The summed E-state index contributed by atoms with van der Waals surface area (Å²) in [7, 11) is 3.85. The van der Waals surface area contributed by atoms with Crippen LogP contribution in [-0.2, 0) is 13.1 Å². The van der Waals surface area contributed by atoms with Gasteiger partial charge in [0.25, 0.3) is 0 Å². The van der Waals surface area contributed by atoms with Crippen LogP contribution in [0.2, 0.25) is 0 Å². The average molecular weight is 259 g/mol. The Bertz CT molecular complexity index is 542. The van der Waals surface area contributed by atoms with Gasteiger partial charge in [-0.25, -0.2) is 4.39 Å². The van der Waals surface area contributed by atoms with Gasteiger partial charge in [0.1, 0.15) is 5.82 Å². The first-order chi connectivity index (χ1) is 9.22. The average Bonchev–Trinajstić information content (AvgIpc) is 2.42. The van der Waals surface area contributed by atoms with Crippen LogP contribution in [0.5, 0.6) is 0 Å². The molecule has 0 aliphatic carbocycles. The van der Waals surface area contributed by atoms with Gasteiger partial charge in [0.2, 0.25) is 0 Å². The molecular formula is C15H18FN3. The van der Waals surface area contributed by atoms with Crippen molar-refractivity contribution in [3.63, 3.8) is 0 Å². The summed E-state index contributed by atoms with van der Waals surface area (Å²) in [5.74, 6) is -0.173. The van der Waals surface area contributed by atoms with Gasteiger partial charge in [-0.3, -0.25) is 4.98 Å². The van der Waals surface area contributed by atoms with Gasteiger partial charge < -0.3 is 10.2 Å². The Kier molecular flexibility index (Phi) is 4.47. The first-order valence-electron chi connectivity index (χ1n) is 6.24. The first kappa shape index (κ1) is 13.5. The van der Waals surface area contributed by atoms with Crippen LogP contribution in [0.4, 0.5) is 10.1 Å². The minimum absolute atomic E-state index is 0.173. The molecule has 0 radical (unpaired) electrons. The molecule has 0 amide bonds. The number of rotatable bonds is 5. The van der Waals surface area contributed by atoms with E-state index in [0.29, 0.717) is 12.1 Å². The number of nitrogens with zero attached hydrogens (tertiary/aromatic N) is 2. The highest BCUT2D eigenvalue weighted by molar-refractivity contribution is 5.51. The maximum Gasteiger partial charge on any atom is 0.128 e. The second-order valence-electron chi connectivity index (χ2n) is 4.48. The smallest absolute Gasteiger partial charge is 0.128 e. The van der Waals surface area contributed by atoms with Gasteiger partial charge in [0, 0.05) is 31.9 Å². The number of anilines is 1. The predicted molar refractivity (Wildman–Crippen MR) is 75.5 cm³/mol. The van der Waals surface area contributed by atoms with E-state index in [0.717, 1.165) is 17.8 Å². The topological polar surface area (TPSA) is 28.2 Å². The molecule has 0 aliphatic heterocycles. The maximum absolute atomic E-state index is 13.7. The summed E-state index contributed by atoms with van der Waals surface area (Å²) in [6.45, 7) is 1.29. The van der Waals surface area contributed by atoms with Crippen molar-refractivity contribution >= 4 is 5.69 Å². The summed E-state index contributed by atoms with van der Waals surface area (Å²) < 4.78 is 13.7. The Morgan fingerprint density at radius 3 is 2.74 bits per heavy atom. The van der Waals surface area contributed by atoms with Gasteiger partial charge in [-0.05, 0) is 24.7 Å². The normalized spacial score (nSPS) is 10.5. The fourth-order valence-corrected chi connectivity index (χ4v) is 2.07. The van der Waals surface area contributed by atoms with E-state index in [1.54, 1.807) is 18.3 Å². The van der Waals surface area contributed by atoms with Gasteiger partial charge in [0.05, 0.1) is 11.9 Å². The molecule has 19 heavy (non-hydrogen) atoms. The zero-order valence-corrected chi connectivity index (χ0v) is 11.2. The molecule has 0 unspecified atom stereocenters. The van der Waals surface area contributed by atoms with E-state index >= 15 is 0 Å². The zero-order chi connectivity index (χ0) is 13.7. The summed E-state index contributed by atoms with van der Waals surface area (Å²) in [6, 6.07) is 8.82. The molecule has 1 heterocycles. The van der Waals surface area contributed by atoms with Gasteiger partial charge in [-0.1, -0.05) is 18.2 Å². The molecule has 0 fully saturated rings. The third-order valence-electron chi connectivity index (χ3n) is 3.03. The number of hydrogen-bond acceptors (Lipinski definition) is 3. The fraction of sp³-hybridized carbons (Fsp3) is 0.267. The molecule has 0 aliphatic rings.